The molecule has 1 fully saturated rings. The summed E-state index contributed by atoms with van der Waals surface area (Å²) in [5, 5.41) is 5.11. The van der Waals surface area contributed by atoms with Gasteiger partial charge in [-0.3, -0.25) is 9.69 Å². The Labute approximate surface area is 168 Å². The van der Waals surface area contributed by atoms with Gasteiger partial charge in [-0.15, -0.1) is 0 Å². The lowest BCUT2D eigenvalue weighted by molar-refractivity contribution is -0.127. The standard InChI is InChI=1S/C22H24N2O5/c1-15(21(25)23-8-9-24-10-12-27-13-11-24)28-16-6-7-18-17-4-2-3-5-19(17)22(26)29-20(18)14-16/h2-7,14-15H,8-13H2,1H3,(H,23,25). The van der Waals surface area contributed by atoms with Crippen molar-refractivity contribution in [3.05, 3.63) is 52.9 Å². The number of morpholine rings is 1. The fraction of sp³-hybridized carbons (Fsp3) is 0.364. The van der Waals surface area contributed by atoms with Crippen LogP contribution < -0.4 is 15.7 Å². The summed E-state index contributed by atoms with van der Waals surface area (Å²) in [6, 6.07) is 12.6. The van der Waals surface area contributed by atoms with E-state index in [1.165, 1.54) is 0 Å². The number of hydrogen-bond acceptors (Lipinski definition) is 6. The van der Waals surface area contributed by atoms with Crippen molar-refractivity contribution < 1.29 is 18.7 Å². The fourth-order valence-corrected chi connectivity index (χ4v) is 3.50. The van der Waals surface area contributed by atoms with Crippen LogP contribution in [0.15, 0.2) is 51.7 Å². The molecule has 0 bridgehead atoms. The molecule has 0 spiro atoms. The van der Waals surface area contributed by atoms with Crippen LogP contribution in [0.2, 0.25) is 0 Å². The molecule has 2 heterocycles. The van der Waals surface area contributed by atoms with Gasteiger partial charge in [0, 0.05) is 37.6 Å². The molecule has 4 rings (SSSR count). The highest BCUT2D eigenvalue weighted by atomic mass is 16.5. The van der Waals surface area contributed by atoms with Crippen LogP contribution in [0.4, 0.5) is 0 Å². The Hall–Kier alpha value is -2.90. The number of amides is 1. The molecule has 1 atom stereocenters. The van der Waals surface area contributed by atoms with E-state index in [4.69, 9.17) is 13.9 Å². The first-order chi connectivity index (χ1) is 14.1. The Morgan fingerprint density at radius 2 is 1.90 bits per heavy atom. The van der Waals surface area contributed by atoms with Crippen LogP contribution in [-0.2, 0) is 9.53 Å². The van der Waals surface area contributed by atoms with E-state index in [9.17, 15) is 9.59 Å². The van der Waals surface area contributed by atoms with Gasteiger partial charge in [0.25, 0.3) is 5.91 Å². The molecule has 7 nitrogen and oxygen atoms in total. The molecule has 1 aliphatic heterocycles. The highest BCUT2D eigenvalue weighted by Crippen LogP contribution is 2.26. The monoisotopic (exact) mass is 396 g/mol. The van der Waals surface area contributed by atoms with Crippen molar-refractivity contribution in [3.63, 3.8) is 0 Å². The predicted molar refractivity (Wildman–Crippen MR) is 110 cm³/mol. The van der Waals surface area contributed by atoms with Crippen molar-refractivity contribution >= 4 is 27.6 Å². The molecule has 2 aromatic carbocycles. The second-order valence-corrected chi connectivity index (χ2v) is 7.10. The number of rotatable bonds is 6. The molecule has 3 aromatic rings. The lowest BCUT2D eigenvalue weighted by atomic mass is 10.1. The Bertz CT molecular complexity index is 1070. The van der Waals surface area contributed by atoms with E-state index in [1.807, 2.05) is 24.3 Å². The topological polar surface area (TPSA) is 81.0 Å². The van der Waals surface area contributed by atoms with E-state index in [2.05, 4.69) is 10.2 Å². The average Bonchev–Trinajstić information content (AvgIpc) is 2.74. The lowest BCUT2D eigenvalue weighted by Crippen LogP contribution is -2.43. The fourth-order valence-electron chi connectivity index (χ4n) is 3.50. The van der Waals surface area contributed by atoms with Crippen molar-refractivity contribution in [2.45, 2.75) is 13.0 Å². The van der Waals surface area contributed by atoms with E-state index in [0.29, 0.717) is 23.3 Å². The van der Waals surface area contributed by atoms with Crippen molar-refractivity contribution in [1.82, 2.24) is 10.2 Å². The van der Waals surface area contributed by atoms with Crippen molar-refractivity contribution in [2.24, 2.45) is 0 Å². The molecule has 1 aliphatic rings. The third kappa shape index (κ3) is 4.41. The third-order valence-corrected chi connectivity index (χ3v) is 5.11. The number of fused-ring (bicyclic) bond motifs is 3. The zero-order valence-electron chi connectivity index (χ0n) is 16.3. The number of nitrogens with zero attached hydrogens (tertiary/aromatic N) is 1. The maximum atomic E-state index is 12.3. The molecule has 29 heavy (non-hydrogen) atoms. The van der Waals surface area contributed by atoms with Gasteiger partial charge in [0.1, 0.15) is 11.3 Å². The predicted octanol–water partition coefficient (Wildman–Crippen LogP) is 2.16. The van der Waals surface area contributed by atoms with Gasteiger partial charge in [-0.1, -0.05) is 18.2 Å². The van der Waals surface area contributed by atoms with Gasteiger partial charge in [0.05, 0.1) is 18.6 Å². The van der Waals surface area contributed by atoms with Gasteiger partial charge < -0.3 is 19.2 Å². The molecule has 7 heteroatoms. The minimum absolute atomic E-state index is 0.182. The van der Waals surface area contributed by atoms with E-state index >= 15 is 0 Å². The number of carbonyl (C=O) groups excluding carboxylic acids is 1. The van der Waals surface area contributed by atoms with Gasteiger partial charge >= 0.3 is 5.63 Å². The summed E-state index contributed by atoms with van der Waals surface area (Å²) >= 11 is 0. The van der Waals surface area contributed by atoms with Gasteiger partial charge in [-0.25, -0.2) is 4.79 Å². The summed E-state index contributed by atoms with van der Waals surface area (Å²) in [5.74, 6) is 0.296. The Balaban J connectivity index is 1.41. The normalized spacial score (nSPS) is 16.0. The van der Waals surface area contributed by atoms with Gasteiger partial charge in [0.15, 0.2) is 6.10 Å². The quantitative estimate of drug-likeness (QED) is 0.508. The van der Waals surface area contributed by atoms with Gasteiger partial charge in [0.2, 0.25) is 0 Å². The first-order valence-corrected chi connectivity index (χ1v) is 9.82. The van der Waals surface area contributed by atoms with Crippen molar-refractivity contribution in [1.29, 1.82) is 0 Å². The minimum atomic E-state index is -0.663. The molecular formula is C22H24N2O5. The maximum Gasteiger partial charge on any atom is 0.344 e. The Morgan fingerprint density at radius 1 is 1.14 bits per heavy atom. The number of nitrogens with one attached hydrogen (secondary N) is 1. The molecule has 1 unspecified atom stereocenters. The second-order valence-electron chi connectivity index (χ2n) is 7.10. The van der Waals surface area contributed by atoms with Crippen molar-refractivity contribution in [3.8, 4) is 5.75 Å². The molecular weight excluding hydrogens is 372 g/mol. The zero-order chi connectivity index (χ0) is 20.2. The van der Waals surface area contributed by atoms with Crippen LogP contribution in [0.3, 0.4) is 0 Å². The van der Waals surface area contributed by atoms with Crippen LogP contribution in [0.5, 0.6) is 5.75 Å². The van der Waals surface area contributed by atoms with Crippen molar-refractivity contribution in [2.75, 3.05) is 39.4 Å². The molecule has 1 saturated heterocycles. The Morgan fingerprint density at radius 3 is 2.69 bits per heavy atom. The van der Waals surface area contributed by atoms with E-state index in [0.717, 1.165) is 43.6 Å². The molecule has 0 radical (unpaired) electrons. The Kier molecular flexibility index (Phi) is 5.78. The zero-order valence-corrected chi connectivity index (χ0v) is 16.3. The molecule has 1 amide bonds. The van der Waals surface area contributed by atoms with Crippen LogP contribution >= 0.6 is 0 Å². The average molecular weight is 396 g/mol. The molecule has 152 valence electrons. The molecule has 0 saturated carbocycles. The summed E-state index contributed by atoms with van der Waals surface area (Å²) < 4.78 is 16.5. The third-order valence-electron chi connectivity index (χ3n) is 5.11. The number of hydrogen-bond donors (Lipinski definition) is 1. The number of benzene rings is 2. The smallest absolute Gasteiger partial charge is 0.344 e. The largest absolute Gasteiger partial charge is 0.481 e. The van der Waals surface area contributed by atoms with E-state index < -0.39 is 6.10 Å². The second kappa shape index (κ2) is 8.63. The van der Waals surface area contributed by atoms with E-state index in [1.54, 1.807) is 25.1 Å². The van der Waals surface area contributed by atoms with Gasteiger partial charge in [-0.2, -0.15) is 0 Å². The SMILES string of the molecule is CC(Oc1ccc2c(c1)oc(=O)c1ccccc12)C(=O)NCCN1CCOCC1. The van der Waals surface area contributed by atoms with E-state index in [-0.39, 0.29) is 11.5 Å². The summed E-state index contributed by atoms with van der Waals surface area (Å²) in [6.45, 7) is 6.30. The summed E-state index contributed by atoms with van der Waals surface area (Å²) in [4.78, 5) is 26.8. The molecule has 0 aliphatic carbocycles. The summed E-state index contributed by atoms with van der Waals surface area (Å²) in [7, 11) is 0. The van der Waals surface area contributed by atoms with Crippen LogP contribution in [0, 0.1) is 0 Å². The van der Waals surface area contributed by atoms with Crippen LogP contribution in [0.1, 0.15) is 6.92 Å². The highest BCUT2D eigenvalue weighted by Gasteiger charge is 2.16. The number of carbonyl (C=O) groups is 1. The lowest BCUT2D eigenvalue weighted by Gasteiger charge is -2.26. The first-order valence-electron chi connectivity index (χ1n) is 9.82. The van der Waals surface area contributed by atoms with Crippen LogP contribution in [-0.4, -0.2) is 56.3 Å². The highest BCUT2D eigenvalue weighted by molar-refractivity contribution is 6.04. The van der Waals surface area contributed by atoms with Gasteiger partial charge in [-0.05, 0) is 30.5 Å². The van der Waals surface area contributed by atoms with Crippen LogP contribution in [0.25, 0.3) is 21.7 Å². The summed E-state index contributed by atoms with van der Waals surface area (Å²) in [5.41, 5.74) is 0.0466. The maximum absolute atomic E-state index is 12.3. The summed E-state index contributed by atoms with van der Waals surface area (Å²) in [6.07, 6.45) is -0.663. The molecule has 1 N–H and O–H groups in total. The minimum Gasteiger partial charge on any atom is -0.481 e. The number of ether oxygens (including phenoxy) is 2. The first kappa shape index (κ1) is 19.4. The molecule has 1 aromatic heterocycles.